The molecule has 1 heterocycles. The zero-order valence-corrected chi connectivity index (χ0v) is 8.10. The molecule has 1 amide bonds. The molecule has 1 aliphatic heterocycles. The Balaban J connectivity index is 2.33. The quantitative estimate of drug-likeness (QED) is 0.716. The minimum atomic E-state index is -0.0406. The molecule has 0 saturated heterocycles. The summed E-state index contributed by atoms with van der Waals surface area (Å²) in [7, 11) is 0. The van der Waals surface area contributed by atoms with E-state index in [0.29, 0.717) is 0 Å². The maximum Gasteiger partial charge on any atom is 0.232 e. The van der Waals surface area contributed by atoms with Crippen molar-refractivity contribution in [1.82, 2.24) is 5.32 Å². The number of carbonyl (C=O) groups is 1. The van der Waals surface area contributed by atoms with Crippen molar-refractivity contribution in [2.24, 2.45) is 5.92 Å². The normalized spacial score (nSPS) is 25.9. The molecule has 0 radical (unpaired) electrons. The number of carbonyl (C=O) groups excluding carboxylic acids is 1. The smallest absolute Gasteiger partial charge is 0.232 e. The molecule has 2 atom stereocenters. The molecule has 1 aliphatic rings. The Morgan fingerprint density at radius 1 is 1.21 bits per heavy atom. The molecule has 0 aromatic heterocycles. The average Bonchev–Trinajstić information content (AvgIpc) is 2.19. The zero-order chi connectivity index (χ0) is 9.97. The summed E-state index contributed by atoms with van der Waals surface area (Å²) in [5.74, 6) is 0.318. The Morgan fingerprint density at radius 2 is 1.93 bits per heavy atom. The molecule has 2 rings (SSSR count). The second kappa shape index (κ2) is 3.66. The predicted molar refractivity (Wildman–Crippen MR) is 55.6 cm³/mol. The van der Waals surface area contributed by atoms with E-state index in [1.165, 1.54) is 0 Å². The number of nitrogens with one attached hydrogen (secondary N) is 1. The highest BCUT2D eigenvalue weighted by molar-refractivity contribution is 5.86. The number of benzene rings is 1. The summed E-state index contributed by atoms with van der Waals surface area (Å²) in [6.07, 6.45) is 3.76. The number of hydrogen-bond donors (Lipinski definition) is 1. The van der Waals surface area contributed by atoms with E-state index in [4.69, 9.17) is 0 Å². The highest BCUT2D eigenvalue weighted by atomic mass is 16.1. The number of hydrogen-bond acceptors (Lipinski definition) is 1. The molecule has 1 aromatic rings. The maximum atomic E-state index is 11.6. The molecule has 1 aromatic carbocycles. The summed E-state index contributed by atoms with van der Waals surface area (Å²) in [6.45, 7) is 2.06. The summed E-state index contributed by atoms with van der Waals surface area (Å²) in [5, 5.41) is 2.74. The van der Waals surface area contributed by atoms with Crippen molar-refractivity contribution in [3.63, 3.8) is 0 Å². The minimum absolute atomic E-state index is 0.0406. The fourth-order valence-electron chi connectivity index (χ4n) is 1.84. The third-order valence-corrected chi connectivity index (χ3v) is 2.59. The molecule has 0 fully saturated rings. The molecule has 2 nitrogen and oxygen atoms in total. The van der Waals surface area contributed by atoms with Crippen molar-refractivity contribution in [2.75, 3.05) is 0 Å². The fourth-order valence-corrected chi connectivity index (χ4v) is 1.84. The van der Waals surface area contributed by atoms with Gasteiger partial charge in [-0.15, -0.1) is 0 Å². The van der Waals surface area contributed by atoms with Crippen LogP contribution in [0.15, 0.2) is 42.6 Å². The first kappa shape index (κ1) is 9.00. The van der Waals surface area contributed by atoms with Crippen LogP contribution in [-0.2, 0) is 4.79 Å². The number of allylic oxidation sites excluding steroid dienone is 1. The number of rotatable bonds is 1. The minimum Gasteiger partial charge on any atom is -0.332 e. The van der Waals surface area contributed by atoms with E-state index < -0.39 is 0 Å². The van der Waals surface area contributed by atoms with Gasteiger partial charge < -0.3 is 5.32 Å². The summed E-state index contributed by atoms with van der Waals surface area (Å²) in [5.41, 5.74) is 1.09. The topological polar surface area (TPSA) is 29.1 Å². The first-order valence-electron chi connectivity index (χ1n) is 4.81. The summed E-state index contributed by atoms with van der Waals surface area (Å²) < 4.78 is 0. The van der Waals surface area contributed by atoms with Crippen molar-refractivity contribution < 1.29 is 4.79 Å². The van der Waals surface area contributed by atoms with Crippen LogP contribution in [0, 0.1) is 5.92 Å². The lowest BCUT2D eigenvalue weighted by Gasteiger charge is -2.23. The van der Waals surface area contributed by atoms with E-state index in [-0.39, 0.29) is 17.7 Å². The largest absolute Gasteiger partial charge is 0.332 e. The molecule has 72 valence electrons. The van der Waals surface area contributed by atoms with Gasteiger partial charge in [-0.3, -0.25) is 4.79 Å². The third kappa shape index (κ3) is 1.55. The second-order valence-corrected chi connectivity index (χ2v) is 3.62. The van der Waals surface area contributed by atoms with Crippen molar-refractivity contribution in [1.29, 1.82) is 0 Å². The lowest BCUT2D eigenvalue weighted by atomic mass is 9.85. The fraction of sp³-hybridized carbons (Fsp3) is 0.250. The van der Waals surface area contributed by atoms with Gasteiger partial charge in [-0.1, -0.05) is 43.3 Å². The van der Waals surface area contributed by atoms with E-state index in [0.717, 1.165) is 5.56 Å². The predicted octanol–water partition coefficient (Wildman–Crippen LogP) is 2.05. The van der Waals surface area contributed by atoms with Crippen LogP contribution in [0.2, 0.25) is 0 Å². The van der Waals surface area contributed by atoms with Crippen molar-refractivity contribution in [2.45, 2.75) is 12.8 Å². The second-order valence-electron chi connectivity index (χ2n) is 3.62. The molecule has 1 N–H and O–H groups in total. The van der Waals surface area contributed by atoms with Gasteiger partial charge in [0, 0.05) is 6.20 Å². The Morgan fingerprint density at radius 3 is 2.57 bits per heavy atom. The first-order valence-corrected chi connectivity index (χ1v) is 4.81. The van der Waals surface area contributed by atoms with Gasteiger partial charge in [-0.25, -0.2) is 0 Å². The van der Waals surface area contributed by atoms with Gasteiger partial charge in [0.1, 0.15) is 0 Å². The third-order valence-electron chi connectivity index (χ3n) is 2.59. The van der Waals surface area contributed by atoms with Crippen LogP contribution in [0.4, 0.5) is 0 Å². The van der Waals surface area contributed by atoms with Crippen LogP contribution in [0.5, 0.6) is 0 Å². The Labute approximate surface area is 83.6 Å². The van der Waals surface area contributed by atoms with Crippen molar-refractivity contribution in [3.05, 3.63) is 48.2 Å². The molecule has 14 heavy (non-hydrogen) atoms. The van der Waals surface area contributed by atoms with Gasteiger partial charge in [-0.2, -0.15) is 0 Å². The van der Waals surface area contributed by atoms with Gasteiger partial charge in [0.15, 0.2) is 0 Å². The molecule has 2 unspecified atom stereocenters. The van der Waals surface area contributed by atoms with Crippen LogP contribution in [0.1, 0.15) is 18.4 Å². The highest BCUT2D eigenvalue weighted by Gasteiger charge is 2.26. The van der Waals surface area contributed by atoms with Gasteiger partial charge in [0.2, 0.25) is 5.91 Å². The van der Waals surface area contributed by atoms with Gasteiger partial charge in [-0.05, 0) is 11.5 Å². The lowest BCUT2D eigenvalue weighted by molar-refractivity contribution is -0.122. The summed E-state index contributed by atoms with van der Waals surface area (Å²) in [4.78, 5) is 11.6. The van der Waals surface area contributed by atoms with Crippen LogP contribution in [-0.4, -0.2) is 5.91 Å². The van der Waals surface area contributed by atoms with Gasteiger partial charge in [0.05, 0.1) is 5.92 Å². The monoisotopic (exact) mass is 187 g/mol. The lowest BCUT2D eigenvalue weighted by Crippen LogP contribution is -2.32. The van der Waals surface area contributed by atoms with E-state index in [1.807, 2.05) is 36.4 Å². The molecule has 2 heteroatoms. The van der Waals surface area contributed by atoms with Gasteiger partial charge in [0.25, 0.3) is 0 Å². The molecule has 0 spiro atoms. The van der Waals surface area contributed by atoms with Crippen molar-refractivity contribution in [3.8, 4) is 0 Å². The summed E-state index contributed by atoms with van der Waals surface area (Å²) in [6, 6.07) is 9.89. The zero-order valence-electron chi connectivity index (χ0n) is 8.10. The standard InChI is InChI=1S/C12H13NO/c1-9-7-8-13-12(14)11(9)10-5-3-2-4-6-10/h2-9,11H,1H3,(H,13,14). The van der Waals surface area contributed by atoms with E-state index >= 15 is 0 Å². The van der Waals surface area contributed by atoms with Crippen LogP contribution in [0.25, 0.3) is 0 Å². The first-order chi connectivity index (χ1) is 6.79. The summed E-state index contributed by atoms with van der Waals surface area (Å²) >= 11 is 0. The Kier molecular flexibility index (Phi) is 2.35. The highest BCUT2D eigenvalue weighted by Crippen LogP contribution is 2.27. The average molecular weight is 187 g/mol. The van der Waals surface area contributed by atoms with Crippen molar-refractivity contribution >= 4 is 5.91 Å². The molecule has 0 saturated carbocycles. The van der Waals surface area contributed by atoms with Crippen LogP contribution in [0.3, 0.4) is 0 Å². The van der Waals surface area contributed by atoms with E-state index in [9.17, 15) is 4.79 Å². The van der Waals surface area contributed by atoms with Crippen LogP contribution >= 0.6 is 0 Å². The molecular formula is C12H13NO. The Hall–Kier alpha value is -1.57. The van der Waals surface area contributed by atoms with E-state index in [2.05, 4.69) is 12.2 Å². The SMILES string of the molecule is CC1C=CNC(=O)C1c1ccccc1. The van der Waals surface area contributed by atoms with E-state index in [1.54, 1.807) is 6.20 Å². The Bertz CT molecular complexity index is 356. The maximum absolute atomic E-state index is 11.6. The van der Waals surface area contributed by atoms with Crippen LogP contribution < -0.4 is 5.32 Å². The molecule has 0 bridgehead atoms. The molecule has 0 aliphatic carbocycles. The number of amides is 1. The molecular weight excluding hydrogens is 174 g/mol. The van der Waals surface area contributed by atoms with Gasteiger partial charge >= 0.3 is 0 Å².